The van der Waals surface area contributed by atoms with E-state index in [9.17, 15) is 18.0 Å². The highest BCUT2D eigenvalue weighted by Gasteiger charge is 2.23. The molecular formula is C19H24N4O5S. The molecule has 0 saturated carbocycles. The summed E-state index contributed by atoms with van der Waals surface area (Å²) < 4.78 is 30.9. The van der Waals surface area contributed by atoms with E-state index in [0.29, 0.717) is 18.0 Å². The van der Waals surface area contributed by atoms with Gasteiger partial charge in [0.05, 0.1) is 13.2 Å². The van der Waals surface area contributed by atoms with Crippen LogP contribution in [0.3, 0.4) is 0 Å². The molecule has 0 aliphatic rings. The number of nitrogens with zero attached hydrogens (tertiary/aromatic N) is 2. The minimum absolute atomic E-state index is 0.00130. The van der Waals surface area contributed by atoms with Crippen LogP contribution in [0.2, 0.25) is 0 Å². The number of ether oxygens (including phenoxy) is 1. The first-order chi connectivity index (χ1) is 13.7. The Balaban J connectivity index is 1.96. The van der Waals surface area contributed by atoms with Crippen LogP contribution in [0.25, 0.3) is 0 Å². The summed E-state index contributed by atoms with van der Waals surface area (Å²) in [6.45, 7) is 3.76. The molecule has 1 aromatic carbocycles. The smallest absolute Gasteiger partial charge is 0.411 e. The van der Waals surface area contributed by atoms with Crippen molar-refractivity contribution in [1.82, 2.24) is 9.29 Å². The van der Waals surface area contributed by atoms with E-state index in [1.807, 2.05) is 13.8 Å². The molecule has 0 bridgehead atoms. The van der Waals surface area contributed by atoms with E-state index >= 15 is 0 Å². The van der Waals surface area contributed by atoms with Gasteiger partial charge in [-0.25, -0.2) is 13.2 Å². The molecule has 0 aliphatic carbocycles. The average molecular weight is 420 g/mol. The average Bonchev–Trinajstić information content (AvgIpc) is 2.67. The van der Waals surface area contributed by atoms with Crippen molar-refractivity contribution in [2.24, 2.45) is 5.92 Å². The fourth-order valence-corrected chi connectivity index (χ4v) is 3.33. The molecule has 0 aliphatic heterocycles. The fraction of sp³-hybridized carbons (Fsp3) is 0.316. The van der Waals surface area contributed by atoms with Crippen LogP contribution in [0.15, 0.2) is 53.7 Å². The second kappa shape index (κ2) is 9.99. The van der Waals surface area contributed by atoms with Crippen molar-refractivity contribution in [1.29, 1.82) is 0 Å². The first kappa shape index (κ1) is 22.3. The van der Waals surface area contributed by atoms with Gasteiger partial charge in [-0.2, -0.15) is 4.31 Å². The third kappa shape index (κ3) is 6.84. The summed E-state index contributed by atoms with van der Waals surface area (Å²) in [5.74, 6) is -0.314. The minimum Gasteiger partial charge on any atom is -0.449 e. The molecule has 2 aromatic rings. The number of rotatable bonds is 8. The Hall–Kier alpha value is -2.98. The number of sulfonamides is 1. The third-order valence-electron chi connectivity index (χ3n) is 3.65. The van der Waals surface area contributed by atoms with E-state index in [4.69, 9.17) is 4.74 Å². The summed E-state index contributed by atoms with van der Waals surface area (Å²) in [5.41, 5.74) is 0.844. The zero-order valence-corrected chi connectivity index (χ0v) is 17.3. The van der Waals surface area contributed by atoms with Crippen molar-refractivity contribution in [2.45, 2.75) is 18.7 Å². The maximum absolute atomic E-state index is 12.4. The first-order valence-electron chi connectivity index (χ1n) is 8.88. The molecule has 0 fully saturated rings. The van der Waals surface area contributed by atoms with Crippen LogP contribution in [0, 0.1) is 5.92 Å². The van der Waals surface area contributed by atoms with Crippen molar-refractivity contribution in [3.8, 4) is 0 Å². The van der Waals surface area contributed by atoms with Crippen molar-refractivity contribution in [3.05, 3.63) is 48.8 Å². The van der Waals surface area contributed by atoms with Crippen molar-refractivity contribution in [3.63, 3.8) is 0 Å². The van der Waals surface area contributed by atoms with Crippen molar-refractivity contribution < 1.29 is 22.7 Å². The number of amides is 2. The van der Waals surface area contributed by atoms with Crippen LogP contribution in [0.4, 0.5) is 16.2 Å². The summed E-state index contributed by atoms with van der Waals surface area (Å²) in [4.78, 5) is 27.8. The number of benzene rings is 1. The van der Waals surface area contributed by atoms with Crippen LogP contribution in [-0.2, 0) is 19.6 Å². The molecule has 2 N–H and O–H groups in total. The Bertz CT molecular complexity index is 948. The molecule has 9 nitrogen and oxygen atoms in total. The summed E-state index contributed by atoms with van der Waals surface area (Å²) in [6, 6.07) is 9.37. The normalized spacial score (nSPS) is 11.3. The molecule has 2 rings (SSSR count). The Morgan fingerprint density at radius 1 is 1.14 bits per heavy atom. The van der Waals surface area contributed by atoms with Gasteiger partial charge in [0, 0.05) is 30.8 Å². The molecule has 29 heavy (non-hydrogen) atoms. The van der Waals surface area contributed by atoms with Crippen LogP contribution < -0.4 is 10.6 Å². The number of pyridine rings is 1. The molecule has 0 saturated heterocycles. The zero-order valence-electron chi connectivity index (χ0n) is 16.5. The van der Waals surface area contributed by atoms with Crippen molar-refractivity contribution >= 4 is 33.4 Å². The van der Waals surface area contributed by atoms with Crippen LogP contribution in [-0.4, -0.2) is 49.9 Å². The lowest BCUT2D eigenvalue weighted by molar-refractivity contribution is -0.116. The van der Waals surface area contributed by atoms with Crippen LogP contribution >= 0.6 is 0 Å². The molecule has 1 heterocycles. The highest BCUT2D eigenvalue weighted by molar-refractivity contribution is 7.89. The van der Waals surface area contributed by atoms with E-state index in [-0.39, 0.29) is 17.4 Å². The number of nitrogens with one attached hydrogen (secondary N) is 2. The monoisotopic (exact) mass is 420 g/mol. The maximum Gasteiger partial charge on any atom is 0.411 e. The number of hydrogen-bond donors (Lipinski definition) is 2. The summed E-state index contributed by atoms with van der Waals surface area (Å²) >= 11 is 0. The van der Waals surface area contributed by atoms with Gasteiger partial charge in [-0.05, 0) is 36.2 Å². The molecule has 0 unspecified atom stereocenters. The molecule has 0 atom stereocenters. The number of aromatic nitrogens is 1. The standard InChI is InChI=1S/C19H24N4O5S/c1-14(2)13-28-19(25)22-16-7-4-6-15(10-16)21-18(24)12-23(3)29(26,27)17-8-5-9-20-11-17/h4-11,14H,12-13H2,1-3H3,(H,21,24)(H,22,25). The van der Waals surface area contributed by atoms with Gasteiger partial charge in [-0.15, -0.1) is 0 Å². The molecule has 156 valence electrons. The quantitative estimate of drug-likeness (QED) is 0.678. The van der Waals surface area contributed by atoms with Gasteiger partial charge in [-0.3, -0.25) is 15.1 Å². The summed E-state index contributed by atoms with van der Waals surface area (Å²) in [7, 11) is -2.52. The fourth-order valence-electron chi connectivity index (χ4n) is 2.24. The Labute approximate surface area is 170 Å². The van der Waals surface area contributed by atoms with Gasteiger partial charge in [0.1, 0.15) is 4.90 Å². The Kier molecular flexibility index (Phi) is 7.68. The molecular weight excluding hydrogens is 396 g/mol. The second-order valence-electron chi connectivity index (χ2n) is 6.70. The maximum atomic E-state index is 12.4. The van der Waals surface area contributed by atoms with Gasteiger partial charge in [0.15, 0.2) is 0 Å². The van der Waals surface area contributed by atoms with Gasteiger partial charge in [0.2, 0.25) is 15.9 Å². The first-order valence-corrected chi connectivity index (χ1v) is 10.3. The molecule has 2 amide bonds. The van der Waals surface area contributed by atoms with E-state index in [2.05, 4.69) is 15.6 Å². The molecule has 1 aromatic heterocycles. The minimum atomic E-state index is -3.83. The Morgan fingerprint density at radius 3 is 2.45 bits per heavy atom. The summed E-state index contributed by atoms with van der Waals surface area (Å²) in [5, 5.41) is 5.18. The largest absolute Gasteiger partial charge is 0.449 e. The molecule has 10 heteroatoms. The predicted molar refractivity (Wildman–Crippen MR) is 109 cm³/mol. The van der Waals surface area contributed by atoms with E-state index in [1.54, 1.807) is 24.3 Å². The van der Waals surface area contributed by atoms with Crippen LogP contribution in [0.5, 0.6) is 0 Å². The highest BCUT2D eigenvalue weighted by Crippen LogP contribution is 2.16. The number of hydrogen-bond acceptors (Lipinski definition) is 6. The lowest BCUT2D eigenvalue weighted by Gasteiger charge is -2.17. The SMILES string of the molecule is CC(C)COC(=O)Nc1cccc(NC(=O)CN(C)S(=O)(=O)c2cccnc2)c1. The van der Waals surface area contributed by atoms with E-state index < -0.39 is 22.0 Å². The zero-order chi connectivity index (χ0) is 21.4. The van der Waals surface area contributed by atoms with Crippen LogP contribution in [0.1, 0.15) is 13.8 Å². The molecule has 0 spiro atoms. The number of carbonyl (C=O) groups is 2. The number of carbonyl (C=O) groups excluding carboxylic acids is 2. The topological polar surface area (TPSA) is 118 Å². The summed E-state index contributed by atoms with van der Waals surface area (Å²) in [6.07, 6.45) is 2.09. The second-order valence-corrected chi connectivity index (χ2v) is 8.74. The lowest BCUT2D eigenvalue weighted by Crippen LogP contribution is -2.35. The van der Waals surface area contributed by atoms with Crippen molar-refractivity contribution in [2.75, 3.05) is 30.8 Å². The van der Waals surface area contributed by atoms with Gasteiger partial charge in [-0.1, -0.05) is 19.9 Å². The van der Waals surface area contributed by atoms with E-state index in [1.165, 1.54) is 31.6 Å². The van der Waals surface area contributed by atoms with Gasteiger partial charge in [0.25, 0.3) is 0 Å². The number of likely N-dealkylation sites (N-methyl/N-ethyl adjacent to an activating group) is 1. The lowest BCUT2D eigenvalue weighted by atomic mass is 10.2. The van der Waals surface area contributed by atoms with Gasteiger partial charge < -0.3 is 10.1 Å². The predicted octanol–water partition coefficient (Wildman–Crippen LogP) is 2.55. The Morgan fingerprint density at radius 2 is 1.83 bits per heavy atom. The number of anilines is 2. The van der Waals surface area contributed by atoms with E-state index in [0.717, 1.165) is 4.31 Å². The third-order valence-corrected chi connectivity index (χ3v) is 5.44. The highest BCUT2D eigenvalue weighted by atomic mass is 32.2. The molecule has 0 radical (unpaired) electrons. The van der Waals surface area contributed by atoms with Gasteiger partial charge >= 0.3 is 6.09 Å².